The van der Waals surface area contributed by atoms with Crippen LogP contribution in [0.3, 0.4) is 0 Å². The van der Waals surface area contributed by atoms with E-state index in [9.17, 15) is 4.79 Å². The van der Waals surface area contributed by atoms with Crippen molar-refractivity contribution in [3.63, 3.8) is 0 Å². The molecule has 0 atom stereocenters. The first-order valence-electron chi connectivity index (χ1n) is 8.91. The van der Waals surface area contributed by atoms with Crippen LogP contribution in [0.15, 0.2) is 34.9 Å². The third-order valence-corrected chi connectivity index (χ3v) is 5.20. The van der Waals surface area contributed by atoms with Gasteiger partial charge in [0.1, 0.15) is 11.6 Å². The molecule has 1 N–H and O–H groups in total. The predicted molar refractivity (Wildman–Crippen MR) is 105 cm³/mol. The zero-order valence-corrected chi connectivity index (χ0v) is 16.8. The molecule has 7 heteroatoms. The molecule has 0 radical (unpaired) electrons. The van der Waals surface area contributed by atoms with Crippen molar-refractivity contribution >= 4 is 27.7 Å². The number of anilines is 1. The van der Waals surface area contributed by atoms with E-state index in [1.165, 1.54) is 12.8 Å². The molecule has 1 fully saturated rings. The molecule has 0 aliphatic heterocycles. The van der Waals surface area contributed by atoms with Crippen LogP contribution >= 0.6 is 15.9 Å². The summed E-state index contributed by atoms with van der Waals surface area (Å²) < 4.78 is 8.36. The lowest BCUT2D eigenvalue weighted by Crippen LogP contribution is -2.30. The number of hydrogen-bond donors (Lipinski definition) is 1. The first-order chi connectivity index (χ1) is 12.6. The largest absolute Gasteiger partial charge is 0.496 e. The monoisotopic (exact) mass is 420 g/mol. The zero-order valence-electron chi connectivity index (χ0n) is 15.2. The van der Waals surface area contributed by atoms with Crippen molar-refractivity contribution in [1.82, 2.24) is 14.7 Å². The maximum absolute atomic E-state index is 12.5. The molecule has 0 saturated heterocycles. The molecule has 1 saturated carbocycles. The van der Waals surface area contributed by atoms with Gasteiger partial charge in [-0.25, -0.2) is 4.68 Å². The van der Waals surface area contributed by atoms with Crippen molar-refractivity contribution in [2.75, 3.05) is 26.0 Å². The summed E-state index contributed by atoms with van der Waals surface area (Å²) in [5.74, 6) is 1.57. The molecule has 1 amide bonds. The lowest BCUT2D eigenvalue weighted by molar-refractivity contribution is -0.117. The molecule has 1 heterocycles. The Labute approximate surface area is 162 Å². The molecule has 3 rings (SSSR count). The predicted octanol–water partition coefficient (Wildman–Crippen LogP) is 3.84. The first-order valence-corrected chi connectivity index (χ1v) is 9.70. The maximum atomic E-state index is 12.5. The number of benzene rings is 1. The van der Waals surface area contributed by atoms with Crippen LogP contribution < -0.4 is 10.1 Å². The number of ether oxygens (including phenoxy) is 1. The number of carbonyl (C=O) groups is 1. The Hall–Kier alpha value is -1.86. The van der Waals surface area contributed by atoms with Gasteiger partial charge in [-0.3, -0.25) is 9.69 Å². The molecule has 0 bridgehead atoms. The summed E-state index contributed by atoms with van der Waals surface area (Å²) in [5, 5.41) is 7.40. The molecule has 1 aromatic carbocycles. The molecule has 2 aromatic rings. The number of amides is 1. The standard InChI is InChI=1S/C19H25BrN4O2/c1-23(12-14-11-15(20)7-8-17(14)26-2)13-19(25)22-18-9-10-21-24(18)16-5-3-4-6-16/h7-11,16H,3-6,12-13H2,1-2H3,(H,22,25). The van der Waals surface area contributed by atoms with E-state index in [1.807, 2.05) is 40.9 Å². The highest BCUT2D eigenvalue weighted by atomic mass is 79.9. The molecular formula is C19H25BrN4O2. The highest BCUT2D eigenvalue weighted by molar-refractivity contribution is 9.10. The topological polar surface area (TPSA) is 59.4 Å². The van der Waals surface area contributed by atoms with E-state index in [0.29, 0.717) is 19.1 Å². The summed E-state index contributed by atoms with van der Waals surface area (Å²) in [6.45, 7) is 0.920. The highest BCUT2D eigenvalue weighted by Gasteiger charge is 2.20. The second-order valence-electron chi connectivity index (χ2n) is 6.78. The van der Waals surface area contributed by atoms with Crippen LogP contribution in [0.25, 0.3) is 0 Å². The summed E-state index contributed by atoms with van der Waals surface area (Å²) >= 11 is 3.48. The normalized spacial score (nSPS) is 14.8. The Balaban J connectivity index is 1.58. The first kappa shape index (κ1) is 18.9. The fourth-order valence-electron chi connectivity index (χ4n) is 3.50. The summed E-state index contributed by atoms with van der Waals surface area (Å²) in [6, 6.07) is 8.16. The molecular weight excluding hydrogens is 396 g/mol. The van der Waals surface area contributed by atoms with Gasteiger partial charge >= 0.3 is 0 Å². The summed E-state index contributed by atoms with van der Waals surface area (Å²) in [5.41, 5.74) is 1.04. The molecule has 1 aliphatic rings. The van der Waals surface area contributed by atoms with Gasteiger partial charge in [-0.05, 0) is 38.1 Å². The molecule has 0 unspecified atom stereocenters. The van der Waals surface area contributed by atoms with Crippen LogP contribution in [0, 0.1) is 0 Å². The van der Waals surface area contributed by atoms with Crippen LogP contribution in [0.5, 0.6) is 5.75 Å². The van der Waals surface area contributed by atoms with E-state index in [4.69, 9.17) is 4.74 Å². The SMILES string of the molecule is COc1ccc(Br)cc1CN(C)CC(=O)Nc1ccnn1C1CCCC1. The summed E-state index contributed by atoms with van der Waals surface area (Å²) in [4.78, 5) is 14.4. The average Bonchev–Trinajstić information content (AvgIpc) is 3.25. The number of hydrogen-bond acceptors (Lipinski definition) is 4. The van der Waals surface area contributed by atoms with Gasteiger partial charge in [0.15, 0.2) is 0 Å². The van der Waals surface area contributed by atoms with E-state index in [2.05, 4.69) is 26.3 Å². The molecule has 140 valence electrons. The maximum Gasteiger partial charge on any atom is 0.239 e. The van der Waals surface area contributed by atoms with Crippen molar-refractivity contribution in [2.24, 2.45) is 0 Å². The van der Waals surface area contributed by atoms with Crippen molar-refractivity contribution in [3.05, 3.63) is 40.5 Å². The highest BCUT2D eigenvalue weighted by Crippen LogP contribution is 2.31. The van der Waals surface area contributed by atoms with Gasteiger partial charge in [-0.2, -0.15) is 5.10 Å². The molecule has 1 aliphatic carbocycles. The Bertz CT molecular complexity index is 756. The molecule has 1 aromatic heterocycles. The van der Waals surface area contributed by atoms with E-state index >= 15 is 0 Å². The van der Waals surface area contributed by atoms with Crippen LogP contribution in [0.4, 0.5) is 5.82 Å². The van der Waals surface area contributed by atoms with Gasteiger partial charge < -0.3 is 10.1 Å². The fraction of sp³-hybridized carbons (Fsp3) is 0.474. The third kappa shape index (κ3) is 4.65. The minimum atomic E-state index is -0.0405. The number of likely N-dealkylation sites (N-methyl/N-ethyl adjacent to an activating group) is 1. The number of aromatic nitrogens is 2. The Morgan fingerprint density at radius 2 is 2.15 bits per heavy atom. The molecule has 0 spiro atoms. The average molecular weight is 421 g/mol. The van der Waals surface area contributed by atoms with Crippen molar-refractivity contribution in [1.29, 1.82) is 0 Å². The Morgan fingerprint density at radius 3 is 2.88 bits per heavy atom. The van der Waals surface area contributed by atoms with E-state index in [0.717, 1.165) is 34.4 Å². The number of methoxy groups -OCH3 is 1. The zero-order chi connectivity index (χ0) is 18.5. The van der Waals surface area contributed by atoms with Gasteiger partial charge in [-0.15, -0.1) is 0 Å². The Morgan fingerprint density at radius 1 is 1.38 bits per heavy atom. The third-order valence-electron chi connectivity index (χ3n) is 4.70. The number of nitrogens with zero attached hydrogens (tertiary/aromatic N) is 3. The molecule has 6 nitrogen and oxygen atoms in total. The fourth-order valence-corrected chi connectivity index (χ4v) is 3.91. The van der Waals surface area contributed by atoms with E-state index < -0.39 is 0 Å². The summed E-state index contributed by atoms with van der Waals surface area (Å²) in [7, 11) is 3.58. The van der Waals surface area contributed by atoms with Gasteiger partial charge in [0, 0.05) is 22.6 Å². The number of halogens is 1. The quantitative estimate of drug-likeness (QED) is 0.738. The minimum Gasteiger partial charge on any atom is -0.496 e. The van der Waals surface area contributed by atoms with Gasteiger partial charge in [0.2, 0.25) is 5.91 Å². The lowest BCUT2D eigenvalue weighted by Gasteiger charge is -2.19. The lowest BCUT2D eigenvalue weighted by atomic mass is 10.2. The van der Waals surface area contributed by atoms with Crippen molar-refractivity contribution < 1.29 is 9.53 Å². The van der Waals surface area contributed by atoms with Crippen LogP contribution in [0.1, 0.15) is 37.3 Å². The van der Waals surface area contributed by atoms with E-state index in [1.54, 1.807) is 13.3 Å². The van der Waals surface area contributed by atoms with Crippen molar-refractivity contribution in [3.8, 4) is 5.75 Å². The number of nitrogens with one attached hydrogen (secondary N) is 1. The smallest absolute Gasteiger partial charge is 0.239 e. The van der Waals surface area contributed by atoms with E-state index in [-0.39, 0.29) is 5.91 Å². The Kier molecular flexibility index (Phi) is 6.32. The second kappa shape index (κ2) is 8.68. The van der Waals surface area contributed by atoms with Gasteiger partial charge in [0.25, 0.3) is 0 Å². The molecule has 26 heavy (non-hydrogen) atoms. The number of carbonyl (C=O) groups excluding carboxylic acids is 1. The van der Waals surface area contributed by atoms with Gasteiger partial charge in [-0.1, -0.05) is 28.8 Å². The van der Waals surface area contributed by atoms with Crippen LogP contribution in [-0.2, 0) is 11.3 Å². The number of rotatable bonds is 7. The minimum absolute atomic E-state index is 0.0405. The van der Waals surface area contributed by atoms with Gasteiger partial charge in [0.05, 0.1) is 25.9 Å². The van der Waals surface area contributed by atoms with Crippen LogP contribution in [0.2, 0.25) is 0 Å². The van der Waals surface area contributed by atoms with Crippen LogP contribution in [-0.4, -0.2) is 41.3 Å². The second-order valence-corrected chi connectivity index (χ2v) is 7.69. The summed E-state index contributed by atoms with van der Waals surface area (Å²) in [6.07, 6.45) is 6.48. The van der Waals surface area contributed by atoms with Crippen molar-refractivity contribution in [2.45, 2.75) is 38.3 Å².